The standard InChI is InChI=1S/C26H27N5O6S/c1-15(2)13-30-24(32)16-8-10-19(21(12-16)26(34)37-38(3,35)36)18-6-4-5-7-20(18)25(33)31-17-9-11-22(23(27)28)29-14-17/h4-12,14-15H,13H2,1-3H3,(H3,27,28)(H,30,32)(H,31,33). The van der Waals surface area contributed by atoms with E-state index in [0.717, 1.165) is 6.26 Å². The highest BCUT2D eigenvalue weighted by Crippen LogP contribution is 2.30. The van der Waals surface area contributed by atoms with Gasteiger partial charge in [-0.05, 0) is 47.4 Å². The maximum atomic E-state index is 13.2. The van der Waals surface area contributed by atoms with Crippen molar-refractivity contribution in [2.75, 3.05) is 18.1 Å². The molecule has 0 aliphatic heterocycles. The monoisotopic (exact) mass is 537 g/mol. The summed E-state index contributed by atoms with van der Waals surface area (Å²) in [5, 5.41) is 12.9. The van der Waals surface area contributed by atoms with Crippen LogP contribution in [0.4, 0.5) is 5.69 Å². The van der Waals surface area contributed by atoms with E-state index in [-0.39, 0.29) is 39.7 Å². The van der Waals surface area contributed by atoms with Crippen LogP contribution in [-0.4, -0.2) is 49.8 Å². The normalized spacial score (nSPS) is 11.1. The second kappa shape index (κ2) is 11.6. The van der Waals surface area contributed by atoms with Crippen LogP contribution in [0.2, 0.25) is 0 Å². The van der Waals surface area contributed by atoms with Crippen molar-refractivity contribution >= 4 is 39.4 Å². The molecule has 0 saturated heterocycles. The molecule has 1 aromatic heterocycles. The first kappa shape index (κ1) is 28.0. The zero-order valence-electron chi connectivity index (χ0n) is 20.9. The zero-order chi connectivity index (χ0) is 28.0. The summed E-state index contributed by atoms with van der Waals surface area (Å²) in [7, 11) is -4.16. The van der Waals surface area contributed by atoms with Crippen molar-refractivity contribution in [3.63, 3.8) is 0 Å². The average Bonchev–Trinajstić information content (AvgIpc) is 2.86. The average molecular weight is 538 g/mol. The highest BCUT2D eigenvalue weighted by atomic mass is 32.2. The minimum atomic E-state index is -4.16. The quantitative estimate of drug-likeness (QED) is 0.183. The number of hydrogen-bond acceptors (Lipinski definition) is 8. The molecule has 38 heavy (non-hydrogen) atoms. The van der Waals surface area contributed by atoms with Gasteiger partial charge in [0.15, 0.2) is 0 Å². The van der Waals surface area contributed by atoms with Gasteiger partial charge in [-0.25, -0.2) is 4.79 Å². The molecule has 3 rings (SSSR count). The maximum Gasteiger partial charge on any atom is 0.354 e. The van der Waals surface area contributed by atoms with Crippen molar-refractivity contribution in [3.8, 4) is 11.1 Å². The van der Waals surface area contributed by atoms with Gasteiger partial charge in [-0.1, -0.05) is 38.1 Å². The minimum Gasteiger partial charge on any atom is -0.382 e. The van der Waals surface area contributed by atoms with E-state index in [1.165, 1.54) is 42.6 Å². The summed E-state index contributed by atoms with van der Waals surface area (Å²) < 4.78 is 28.0. The summed E-state index contributed by atoms with van der Waals surface area (Å²) in [5.74, 6) is -2.22. The Morgan fingerprint density at radius 1 is 1.00 bits per heavy atom. The molecule has 3 aromatic rings. The Morgan fingerprint density at radius 2 is 1.68 bits per heavy atom. The minimum absolute atomic E-state index is 0.119. The van der Waals surface area contributed by atoms with Crippen LogP contribution >= 0.6 is 0 Å². The molecule has 0 bridgehead atoms. The van der Waals surface area contributed by atoms with Crippen LogP contribution in [0.5, 0.6) is 0 Å². The molecular weight excluding hydrogens is 510 g/mol. The van der Waals surface area contributed by atoms with Gasteiger partial charge in [-0.3, -0.25) is 20.0 Å². The van der Waals surface area contributed by atoms with Crippen LogP contribution < -0.4 is 16.4 Å². The number of carbonyl (C=O) groups excluding carboxylic acids is 3. The third-order valence-corrected chi connectivity index (χ3v) is 5.61. The Balaban J connectivity index is 2.04. The summed E-state index contributed by atoms with van der Waals surface area (Å²) in [6, 6.07) is 13.5. The number of benzene rings is 2. The SMILES string of the molecule is CC(C)CNC(=O)c1ccc(-c2ccccc2C(=O)Nc2ccc(C(=N)N)nc2)c(C(=O)OS(C)(=O)=O)c1. The van der Waals surface area contributed by atoms with Gasteiger partial charge >= 0.3 is 16.1 Å². The van der Waals surface area contributed by atoms with Crippen molar-refractivity contribution < 1.29 is 27.0 Å². The molecule has 0 fully saturated rings. The fourth-order valence-corrected chi connectivity index (χ4v) is 3.78. The highest BCUT2D eigenvalue weighted by Gasteiger charge is 2.23. The number of anilines is 1. The number of nitrogens with one attached hydrogen (secondary N) is 3. The van der Waals surface area contributed by atoms with Crippen molar-refractivity contribution in [3.05, 3.63) is 83.2 Å². The first-order chi connectivity index (χ1) is 17.9. The van der Waals surface area contributed by atoms with E-state index < -0.39 is 27.9 Å². The zero-order valence-corrected chi connectivity index (χ0v) is 21.8. The third kappa shape index (κ3) is 7.23. The van der Waals surface area contributed by atoms with Gasteiger partial charge in [0.05, 0.1) is 23.7 Å². The summed E-state index contributed by atoms with van der Waals surface area (Å²) >= 11 is 0. The number of hydrogen-bond donors (Lipinski definition) is 4. The molecule has 1 heterocycles. The van der Waals surface area contributed by atoms with E-state index in [1.54, 1.807) is 18.2 Å². The fraction of sp³-hybridized carbons (Fsp3) is 0.192. The first-order valence-corrected chi connectivity index (χ1v) is 13.2. The number of pyridine rings is 1. The Bertz CT molecular complexity index is 1500. The van der Waals surface area contributed by atoms with Crippen LogP contribution in [0.1, 0.15) is 50.6 Å². The van der Waals surface area contributed by atoms with E-state index in [0.29, 0.717) is 17.8 Å². The smallest absolute Gasteiger partial charge is 0.354 e. The number of rotatable bonds is 9. The Hall–Kier alpha value is -4.58. The molecular formula is C26H27N5O6S. The molecule has 0 unspecified atom stereocenters. The van der Waals surface area contributed by atoms with E-state index in [4.69, 9.17) is 11.1 Å². The van der Waals surface area contributed by atoms with Crippen molar-refractivity contribution in [1.82, 2.24) is 10.3 Å². The number of aromatic nitrogens is 1. The largest absolute Gasteiger partial charge is 0.382 e. The van der Waals surface area contributed by atoms with Gasteiger partial charge in [-0.2, -0.15) is 8.42 Å². The van der Waals surface area contributed by atoms with Gasteiger partial charge in [0.1, 0.15) is 11.5 Å². The van der Waals surface area contributed by atoms with Gasteiger partial charge in [-0.15, -0.1) is 0 Å². The molecule has 0 radical (unpaired) electrons. The van der Waals surface area contributed by atoms with Gasteiger partial charge in [0, 0.05) is 17.7 Å². The van der Waals surface area contributed by atoms with E-state index in [1.807, 2.05) is 13.8 Å². The molecule has 0 atom stereocenters. The second-order valence-electron chi connectivity index (χ2n) is 8.78. The lowest BCUT2D eigenvalue weighted by molar-refractivity contribution is 0.0748. The van der Waals surface area contributed by atoms with Crippen LogP contribution in [0.25, 0.3) is 11.1 Å². The third-order valence-electron chi connectivity index (χ3n) is 5.16. The maximum absolute atomic E-state index is 13.2. The predicted octanol–water partition coefficient (Wildman–Crippen LogP) is 2.79. The Morgan fingerprint density at radius 3 is 2.29 bits per heavy atom. The van der Waals surface area contributed by atoms with E-state index in [2.05, 4.69) is 19.8 Å². The number of amidine groups is 1. The molecule has 198 valence electrons. The highest BCUT2D eigenvalue weighted by molar-refractivity contribution is 7.86. The summed E-state index contributed by atoms with van der Waals surface area (Å²) in [6.45, 7) is 4.25. The number of nitrogens with zero attached hydrogens (tertiary/aromatic N) is 1. The molecule has 2 amide bonds. The van der Waals surface area contributed by atoms with Crippen LogP contribution in [0.3, 0.4) is 0 Å². The number of nitrogens with two attached hydrogens (primary N) is 1. The van der Waals surface area contributed by atoms with Gasteiger partial charge in [0.2, 0.25) is 0 Å². The number of nitrogen functional groups attached to an aromatic ring is 1. The molecule has 0 spiro atoms. The molecule has 2 aromatic carbocycles. The molecule has 5 N–H and O–H groups in total. The molecule has 0 aliphatic rings. The number of carbonyl (C=O) groups is 3. The second-order valence-corrected chi connectivity index (χ2v) is 10.4. The molecule has 0 saturated carbocycles. The lowest BCUT2D eigenvalue weighted by Gasteiger charge is -2.15. The van der Waals surface area contributed by atoms with E-state index >= 15 is 0 Å². The lowest BCUT2D eigenvalue weighted by Crippen LogP contribution is -2.27. The van der Waals surface area contributed by atoms with Crippen LogP contribution in [-0.2, 0) is 14.3 Å². The van der Waals surface area contributed by atoms with E-state index in [9.17, 15) is 22.8 Å². The molecule has 0 aliphatic carbocycles. The topological polar surface area (TPSA) is 181 Å². The van der Waals surface area contributed by atoms with Gasteiger partial charge in [0.25, 0.3) is 11.8 Å². The van der Waals surface area contributed by atoms with Crippen molar-refractivity contribution in [2.45, 2.75) is 13.8 Å². The van der Waals surface area contributed by atoms with Crippen molar-refractivity contribution in [2.24, 2.45) is 11.7 Å². The molecule has 11 nitrogen and oxygen atoms in total. The van der Waals surface area contributed by atoms with Gasteiger partial charge < -0.3 is 20.6 Å². The Labute approximate surface area is 220 Å². The predicted molar refractivity (Wildman–Crippen MR) is 143 cm³/mol. The fourth-order valence-electron chi connectivity index (χ4n) is 3.41. The summed E-state index contributed by atoms with van der Waals surface area (Å²) in [6.07, 6.45) is 2.08. The van der Waals surface area contributed by atoms with Crippen LogP contribution in [0, 0.1) is 11.3 Å². The summed E-state index contributed by atoms with van der Waals surface area (Å²) in [4.78, 5) is 42.7. The number of amides is 2. The molecule has 12 heteroatoms. The van der Waals surface area contributed by atoms with Crippen molar-refractivity contribution in [1.29, 1.82) is 5.41 Å². The summed E-state index contributed by atoms with van der Waals surface area (Å²) in [5.41, 5.74) is 6.55. The van der Waals surface area contributed by atoms with Crippen LogP contribution in [0.15, 0.2) is 60.8 Å². The lowest BCUT2D eigenvalue weighted by atomic mass is 9.93. The first-order valence-electron chi connectivity index (χ1n) is 11.4. The Kier molecular flexibility index (Phi) is 8.58.